The highest BCUT2D eigenvalue weighted by Crippen LogP contribution is 2.07. The second kappa shape index (κ2) is 7.43. The van der Waals surface area contributed by atoms with Gasteiger partial charge in [0.25, 0.3) is 0 Å². The first-order valence-corrected chi connectivity index (χ1v) is 5.53. The predicted octanol–water partition coefficient (Wildman–Crippen LogP) is 0.447. The maximum Gasteiger partial charge on any atom is 0.222 e. The van der Waals surface area contributed by atoms with Crippen LogP contribution in [0.3, 0.4) is 0 Å². The Morgan fingerprint density at radius 1 is 1.53 bits per heavy atom. The first-order valence-electron chi connectivity index (χ1n) is 5.53. The van der Waals surface area contributed by atoms with Crippen LogP contribution in [-0.2, 0) is 9.53 Å². The molecule has 0 aliphatic carbocycles. The molecule has 1 aliphatic rings. The molecule has 0 spiro atoms. The topological polar surface area (TPSA) is 50.4 Å². The van der Waals surface area contributed by atoms with Crippen LogP contribution in [0.25, 0.3) is 0 Å². The maximum absolute atomic E-state index is 11.2. The Morgan fingerprint density at radius 3 is 2.93 bits per heavy atom. The molecular weight excluding hydrogens is 192 g/mol. The first kappa shape index (κ1) is 12.2. The summed E-state index contributed by atoms with van der Waals surface area (Å²) in [6.45, 7) is 6.63. The molecule has 0 aromatic carbocycles. The normalized spacial score (nSPS) is 17.3. The molecule has 1 fully saturated rings. The van der Waals surface area contributed by atoms with Crippen LogP contribution in [0.5, 0.6) is 0 Å². The van der Waals surface area contributed by atoms with Crippen LogP contribution in [0.4, 0.5) is 0 Å². The van der Waals surface area contributed by atoms with Crippen LogP contribution < -0.4 is 10.6 Å². The third kappa shape index (κ3) is 5.54. The van der Waals surface area contributed by atoms with Crippen molar-refractivity contribution in [1.29, 1.82) is 0 Å². The van der Waals surface area contributed by atoms with E-state index in [1.807, 2.05) is 0 Å². The van der Waals surface area contributed by atoms with E-state index in [-0.39, 0.29) is 5.91 Å². The van der Waals surface area contributed by atoms with Gasteiger partial charge in [-0.25, -0.2) is 0 Å². The van der Waals surface area contributed by atoms with E-state index in [1.165, 1.54) is 0 Å². The van der Waals surface area contributed by atoms with E-state index in [0.717, 1.165) is 25.9 Å². The van der Waals surface area contributed by atoms with Crippen molar-refractivity contribution in [2.45, 2.75) is 25.4 Å². The average molecular weight is 212 g/mol. The SMILES string of the molecule is C=CCNC(=O)CCOC1CCNCC1. The number of piperidine rings is 1. The number of rotatable bonds is 6. The Kier molecular flexibility index (Phi) is 6.04. The number of amides is 1. The van der Waals surface area contributed by atoms with Gasteiger partial charge in [-0.05, 0) is 25.9 Å². The van der Waals surface area contributed by atoms with Crippen molar-refractivity contribution in [3.05, 3.63) is 12.7 Å². The van der Waals surface area contributed by atoms with Gasteiger partial charge < -0.3 is 15.4 Å². The number of hydrogen-bond donors (Lipinski definition) is 2. The molecule has 1 amide bonds. The van der Waals surface area contributed by atoms with E-state index in [9.17, 15) is 4.79 Å². The molecule has 1 aliphatic heterocycles. The fraction of sp³-hybridized carbons (Fsp3) is 0.727. The van der Waals surface area contributed by atoms with Gasteiger partial charge in [0.05, 0.1) is 12.7 Å². The molecule has 1 rings (SSSR count). The number of nitrogens with one attached hydrogen (secondary N) is 2. The molecule has 0 bridgehead atoms. The zero-order valence-corrected chi connectivity index (χ0v) is 9.13. The van der Waals surface area contributed by atoms with Crippen molar-refractivity contribution in [1.82, 2.24) is 10.6 Å². The lowest BCUT2D eigenvalue weighted by molar-refractivity contribution is -0.122. The van der Waals surface area contributed by atoms with Gasteiger partial charge in [0, 0.05) is 13.0 Å². The van der Waals surface area contributed by atoms with Crippen molar-refractivity contribution in [2.24, 2.45) is 0 Å². The maximum atomic E-state index is 11.2. The minimum absolute atomic E-state index is 0.0313. The lowest BCUT2D eigenvalue weighted by Crippen LogP contribution is -2.33. The predicted molar refractivity (Wildman–Crippen MR) is 59.7 cm³/mol. The standard InChI is InChI=1S/C11H20N2O2/c1-2-6-13-11(14)5-9-15-10-3-7-12-8-4-10/h2,10,12H,1,3-9H2,(H,13,14). The second-order valence-corrected chi connectivity index (χ2v) is 3.66. The van der Waals surface area contributed by atoms with Gasteiger partial charge in [0.15, 0.2) is 0 Å². The average Bonchev–Trinajstić information content (AvgIpc) is 2.28. The summed E-state index contributed by atoms with van der Waals surface area (Å²) < 4.78 is 5.61. The zero-order valence-electron chi connectivity index (χ0n) is 9.13. The van der Waals surface area contributed by atoms with Gasteiger partial charge in [-0.3, -0.25) is 4.79 Å². The van der Waals surface area contributed by atoms with Crippen LogP contribution >= 0.6 is 0 Å². The number of ether oxygens (including phenoxy) is 1. The third-order valence-corrected chi connectivity index (χ3v) is 2.41. The van der Waals surface area contributed by atoms with Crippen molar-refractivity contribution < 1.29 is 9.53 Å². The van der Waals surface area contributed by atoms with Crippen LogP contribution in [0, 0.1) is 0 Å². The summed E-state index contributed by atoms with van der Waals surface area (Å²) >= 11 is 0. The minimum atomic E-state index is 0.0313. The van der Waals surface area contributed by atoms with Crippen LogP contribution in [0.15, 0.2) is 12.7 Å². The Morgan fingerprint density at radius 2 is 2.27 bits per heavy atom. The molecule has 0 unspecified atom stereocenters. The summed E-state index contributed by atoms with van der Waals surface area (Å²) in [6, 6.07) is 0. The molecule has 1 saturated heterocycles. The molecule has 2 N–H and O–H groups in total. The molecule has 1 heterocycles. The van der Waals surface area contributed by atoms with E-state index in [2.05, 4.69) is 17.2 Å². The van der Waals surface area contributed by atoms with Gasteiger partial charge in [-0.2, -0.15) is 0 Å². The Bertz CT molecular complexity index is 201. The molecule has 15 heavy (non-hydrogen) atoms. The Labute approximate surface area is 91.1 Å². The molecule has 4 heteroatoms. The van der Waals surface area contributed by atoms with Gasteiger partial charge in [-0.15, -0.1) is 6.58 Å². The Balaban J connectivity index is 1.99. The highest BCUT2D eigenvalue weighted by molar-refractivity contribution is 5.76. The highest BCUT2D eigenvalue weighted by Gasteiger charge is 2.13. The monoisotopic (exact) mass is 212 g/mol. The molecular formula is C11H20N2O2. The van der Waals surface area contributed by atoms with E-state index in [1.54, 1.807) is 6.08 Å². The number of carbonyl (C=O) groups is 1. The smallest absolute Gasteiger partial charge is 0.222 e. The molecule has 86 valence electrons. The lowest BCUT2D eigenvalue weighted by Gasteiger charge is -2.22. The van der Waals surface area contributed by atoms with Crippen molar-refractivity contribution in [2.75, 3.05) is 26.2 Å². The van der Waals surface area contributed by atoms with Crippen LogP contribution in [0.2, 0.25) is 0 Å². The Hall–Kier alpha value is -0.870. The molecule has 0 aromatic rings. The van der Waals surface area contributed by atoms with Crippen molar-refractivity contribution >= 4 is 5.91 Å². The molecule has 0 atom stereocenters. The summed E-state index contributed by atoms with van der Waals surface area (Å²) in [6.07, 6.45) is 4.55. The lowest BCUT2D eigenvalue weighted by atomic mass is 10.1. The zero-order chi connectivity index (χ0) is 10.9. The van der Waals surface area contributed by atoms with Gasteiger partial charge in [-0.1, -0.05) is 6.08 Å². The summed E-state index contributed by atoms with van der Waals surface area (Å²) in [4.78, 5) is 11.2. The fourth-order valence-electron chi connectivity index (χ4n) is 1.55. The number of hydrogen-bond acceptors (Lipinski definition) is 3. The van der Waals surface area contributed by atoms with Gasteiger partial charge in [0.1, 0.15) is 0 Å². The highest BCUT2D eigenvalue weighted by atomic mass is 16.5. The van der Waals surface area contributed by atoms with E-state index in [0.29, 0.717) is 25.7 Å². The van der Waals surface area contributed by atoms with Crippen molar-refractivity contribution in [3.63, 3.8) is 0 Å². The summed E-state index contributed by atoms with van der Waals surface area (Å²) in [5, 5.41) is 5.99. The molecule has 0 radical (unpaired) electrons. The minimum Gasteiger partial charge on any atom is -0.378 e. The van der Waals surface area contributed by atoms with Crippen LogP contribution in [-0.4, -0.2) is 38.3 Å². The molecule has 4 nitrogen and oxygen atoms in total. The number of carbonyl (C=O) groups excluding carboxylic acids is 1. The summed E-state index contributed by atoms with van der Waals surface area (Å²) in [7, 11) is 0. The van der Waals surface area contributed by atoms with E-state index in [4.69, 9.17) is 4.74 Å². The van der Waals surface area contributed by atoms with E-state index < -0.39 is 0 Å². The quantitative estimate of drug-likeness (QED) is 0.628. The third-order valence-electron chi connectivity index (χ3n) is 2.41. The molecule has 0 aromatic heterocycles. The fourth-order valence-corrected chi connectivity index (χ4v) is 1.55. The van der Waals surface area contributed by atoms with Crippen molar-refractivity contribution in [3.8, 4) is 0 Å². The first-order chi connectivity index (χ1) is 7.33. The largest absolute Gasteiger partial charge is 0.378 e. The van der Waals surface area contributed by atoms with Gasteiger partial charge in [0.2, 0.25) is 5.91 Å². The molecule has 0 saturated carbocycles. The van der Waals surface area contributed by atoms with Crippen LogP contribution in [0.1, 0.15) is 19.3 Å². The second-order valence-electron chi connectivity index (χ2n) is 3.66. The van der Waals surface area contributed by atoms with Gasteiger partial charge >= 0.3 is 0 Å². The summed E-state index contributed by atoms with van der Waals surface area (Å²) in [5.41, 5.74) is 0. The summed E-state index contributed by atoms with van der Waals surface area (Å²) in [5.74, 6) is 0.0313. The van der Waals surface area contributed by atoms with E-state index >= 15 is 0 Å².